The number of methoxy groups -OCH3 is 1. The van der Waals surface area contributed by atoms with Crippen LogP contribution in [0.3, 0.4) is 0 Å². The van der Waals surface area contributed by atoms with E-state index in [9.17, 15) is 9.59 Å². The third-order valence-electron chi connectivity index (χ3n) is 4.68. The van der Waals surface area contributed by atoms with E-state index in [4.69, 9.17) is 13.9 Å². The molecule has 22 heavy (non-hydrogen) atoms. The summed E-state index contributed by atoms with van der Waals surface area (Å²) in [5.41, 5.74) is 0.822. The molecule has 6 nitrogen and oxygen atoms in total. The van der Waals surface area contributed by atoms with Crippen molar-refractivity contribution < 1.29 is 23.5 Å². The number of rotatable bonds is 2. The van der Waals surface area contributed by atoms with E-state index in [-0.39, 0.29) is 30.1 Å². The quantitative estimate of drug-likeness (QED) is 0.781. The number of likely N-dealkylation sites (tertiary alicyclic amines) is 1. The highest BCUT2D eigenvalue weighted by atomic mass is 16.6. The average Bonchev–Trinajstić information content (AvgIpc) is 3.11. The zero-order chi connectivity index (χ0) is 15.9. The number of nitrogens with zero attached hydrogens (tertiary/aromatic N) is 1. The van der Waals surface area contributed by atoms with Crippen LogP contribution in [0, 0.1) is 6.92 Å². The number of ether oxygens (including phenoxy) is 2. The van der Waals surface area contributed by atoms with Crippen molar-refractivity contribution in [3.63, 3.8) is 0 Å². The lowest BCUT2D eigenvalue weighted by Gasteiger charge is -2.41. The smallest absolute Gasteiger partial charge is 0.335 e. The van der Waals surface area contributed by atoms with E-state index in [1.807, 2.05) is 18.7 Å². The van der Waals surface area contributed by atoms with E-state index in [0.717, 1.165) is 18.4 Å². The first-order valence-electron chi connectivity index (χ1n) is 7.63. The molecule has 2 aliphatic rings. The van der Waals surface area contributed by atoms with Crippen LogP contribution in [0.5, 0.6) is 0 Å². The molecule has 1 aromatic rings. The van der Waals surface area contributed by atoms with E-state index < -0.39 is 6.10 Å². The van der Waals surface area contributed by atoms with Crippen LogP contribution in [0.2, 0.25) is 0 Å². The van der Waals surface area contributed by atoms with Gasteiger partial charge in [-0.25, -0.2) is 4.79 Å². The Morgan fingerprint density at radius 2 is 2.14 bits per heavy atom. The minimum Gasteiger partial charge on any atom is -0.467 e. The Morgan fingerprint density at radius 3 is 2.77 bits per heavy atom. The van der Waals surface area contributed by atoms with Crippen LogP contribution in [0.15, 0.2) is 16.7 Å². The van der Waals surface area contributed by atoms with E-state index in [2.05, 4.69) is 0 Å². The first-order chi connectivity index (χ1) is 10.5. The normalized spacial score (nSPS) is 31.0. The number of esters is 1. The Bertz CT molecular complexity index is 581. The molecular formula is C16H21NO5. The number of carbonyl (C=O) groups is 2. The predicted molar refractivity (Wildman–Crippen MR) is 77.4 cm³/mol. The Kier molecular flexibility index (Phi) is 3.95. The lowest BCUT2D eigenvalue weighted by atomic mass is 9.92. The maximum Gasteiger partial charge on any atom is 0.335 e. The molecule has 0 unspecified atom stereocenters. The number of fused-ring (bicyclic) bond motifs is 1. The van der Waals surface area contributed by atoms with Crippen LogP contribution in [-0.2, 0) is 14.3 Å². The molecule has 2 fully saturated rings. The fraction of sp³-hybridized carbons (Fsp3) is 0.625. The van der Waals surface area contributed by atoms with Gasteiger partial charge in [0.1, 0.15) is 0 Å². The van der Waals surface area contributed by atoms with Gasteiger partial charge in [0.05, 0.1) is 25.5 Å². The maximum atomic E-state index is 12.8. The number of furan rings is 1. The molecule has 2 saturated heterocycles. The molecule has 0 saturated carbocycles. The number of piperidine rings is 1. The number of amides is 1. The van der Waals surface area contributed by atoms with Gasteiger partial charge in [0.15, 0.2) is 11.9 Å². The molecule has 1 amide bonds. The van der Waals surface area contributed by atoms with Crippen LogP contribution in [-0.4, -0.2) is 48.2 Å². The lowest BCUT2D eigenvalue weighted by molar-refractivity contribution is -0.153. The maximum absolute atomic E-state index is 12.8. The lowest BCUT2D eigenvalue weighted by Crippen LogP contribution is -2.53. The zero-order valence-electron chi connectivity index (χ0n) is 13.1. The Morgan fingerprint density at radius 1 is 1.36 bits per heavy atom. The first kappa shape index (κ1) is 15.1. The van der Waals surface area contributed by atoms with Gasteiger partial charge in [-0.15, -0.1) is 0 Å². The fourth-order valence-electron chi connectivity index (χ4n) is 3.50. The van der Waals surface area contributed by atoms with E-state index in [1.165, 1.54) is 13.4 Å². The van der Waals surface area contributed by atoms with Crippen molar-refractivity contribution in [2.24, 2.45) is 0 Å². The number of hydrogen-bond acceptors (Lipinski definition) is 5. The topological polar surface area (TPSA) is 69.0 Å². The summed E-state index contributed by atoms with van der Waals surface area (Å²) in [5, 5.41) is 0. The zero-order valence-corrected chi connectivity index (χ0v) is 13.1. The van der Waals surface area contributed by atoms with Crippen LogP contribution in [0.1, 0.15) is 42.3 Å². The third-order valence-corrected chi connectivity index (χ3v) is 4.68. The molecule has 2 aliphatic heterocycles. The minimum atomic E-state index is -0.585. The molecule has 0 aliphatic carbocycles. The number of carbonyl (C=O) groups excluding carboxylic acids is 2. The summed E-state index contributed by atoms with van der Waals surface area (Å²) in [7, 11) is 1.35. The predicted octanol–water partition coefficient (Wildman–Crippen LogP) is 1.91. The molecule has 0 bridgehead atoms. The highest BCUT2D eigenvalue weighted by molar-refractivity contribution is 5.93. The molecule has 0 radical (unpaired) electrons. The molecular weight excluding hydrogens is 286 g/mol. The Hall–Kier alpha value is -1.82. The van der Waals surface area contributed by atoms with Gasteiger partial charge < -0.3 is 18.8 Å². The second-order valence-electron chi connectivity index (χ2n) is 6.06. The van der Waals surface area contributed by atoms with Crippen LogP contribution >= 0.6 is 0 Å². The summed E-state index contributed by atoms with van der Waals surface area (Å²) in [6.45, 7) is 3.88. The van der Waals surface area contributed by atoms with Gasteiger partial charge in [-0.1, -0.05) is 0 Å². The summed E-state index contributed by atoms with van der Waals surface area (Å²) >= 11 is 0. The standard InChI is InChI=1S/C16H21NO5/c1-9-6-7-21-14(9)15(18)17-10(2)4-5-12-11(17)8-13(22-12)16(19)20-3/h6-7,10-13H,4-5,8H2,1-3H3/t10-,11+,12+,13-/m0/s1. The summed E-state index contributed by atoms with van der Waals surface area (Å²) in [4.78, 5) is 26.4. The molecule has 0 aromatic carbocycles. The van der Waals surface area contributed by atoms with Crippen LogP contribution in [0.4, 0.5) is 0 Å². The van der Waals surface area contributed by atoms with E-state index in [1.54, 1.807) is 6.07 Å². The van der Waals surface area contributed by atoms with E-state index >= 15 is 0 Å². The Balaban J connectivity index is 1.84. The molecule has 6 heteroatoms. The van der Waals surface area contributed by atoms with Gasteiger partial charge in [-0.2, -0.15) is 0 Å². The molecule has 3 heterocycles. The monoisotopic (exact) mass is 307 g/mol. The molecule has 0 spiro atoms. The van der Waals surface area contributed by atoms with Crippen LogP contribution < -0.4 is 0 Å². The highest BCUT2D eigenvalue weighted by Crippen LogP contribution is 2.36. The molecule has 120 valence electrons. The highest BCUT2D eigenvalue weighted by Gasteiger charge is 2.48. The number of hydrogen-bond donors (Lipinski definition) is 0. The average molecular weight is 307 g/mol. The number of aryl methyl sites for hydroxylation is 1. The summed E-state index contributed by atoms with van der Waals surface area (Å²) in [6, 6.07) is 1.77. The summed E-state index contributed by atoms with van der Waals surface area (Å²) in [6.07, 6.45) is 3.00. The van der Waals surface area contributed by atoms with Crippen molar-refractivity contribution >= 4 is 11.9 Å². The van der Waals surface area contributed by atoms with Gasteiger partial charge in [-0.3, -0.25) is 4.79 Å². The molecule has 3 rings (SSSR count). The van der Waals surface area contributed by atoms with Crippen molar-refractivity contribution in [3.8, 4) is 0 Å². The SMILES string of the molecule is COC(=O)[C@@H]1C[C@@H]2[C@@H](CC[C@H](C)N2C(=O)c2occc2C)O1. The Labute approximate surface area is 129 Å². The molecule has 1 aromatic heterocycles. The van der Waals surface area contributed by atoms with Gasteiger partial charge in [0.25, 0.3) is 5.91 Å². The van der Waals surface area contributed by atoms with Gasteiger partial charge in [0.2, 0.25) is 0 Å². The fourth-order valence-corrected chi connectivity index (χ4v) is 3.50. The summed E-state index contributed by atoms with van der Waals surface area (Å²) in [5.74, 6) is -0.128. The minimum absolute atomic E-state index is 0.0956. The largest absolute Gasteiger partial charge is 0.467 e. The summed E-state index contributed by atoms with van der Waals surface area (Å²) < 4.78 is 15.9. The first-order valence-corrected chi connectivity index (χ1v) is 7.63. The van der Waals surface area contributed by atoms with Crippen molar-refractivity contribution in [1.29, 1.82) is 0 Å². The van der Waals surface area contributed by atoms with Gasteiger partial charge >= 0.3 is 5.97 Å². The van der Waals surface area contributed by atoms with Gasteiger partial charge in [-0.05, 0) is 32.8 Å². The van der Waals surface area contributed by atoms with Gasteiger partial charge in [0, 0.05) is 18.0 Å². The molecule has 0 N–H and O–H groups in total. The van der Waals surface area contributed by atoms with Crippen molar-refractivity contribution in [2.75, 3.05) is 7.11 Å². The second-order valence-corrected chi connectivity index (χ2v) is 6.06. The van der Waals surface area contributed by atoms with Crippen molar-refractivity contribution in [2.45, 2.75) is 57.4 Å². The van der Waals surface area contributed by atoms with Crippen LogP contribution in [0.25, 0.3) is 0 Å². The third kappa shape index (κ3) is 2.41. The van der Waals surface area contributed by atoms with Crippen molar-refractivity contribution in [1.82, 2.24) is 4.90 Å². The van der Waals surface area contributed by atoms with E-state index in [0.29, 0.717) is 12.2 Å². The van der Waals surface area contributed by atoms with Crippen molar-refractivity contribution in [3.05, 3.63) is 23.7 Å². The second kappa shape index (κ2) is 5.76. The molecule has 4 atom stereocenters.